The number of benzene rings is 1. The van der Waals surface area contributed by atoms with Gasteiger partial charge in [-0.25, -0.2) is 0 Å². The van der Waals surface area contributed by atoms with E-state index in [1.807, 2.05) is 37.3 Å². The van der Waals surface area contributed by atoms with Gasteiger partial charge < -0.3 is 11.1 Å². The first-order valence-corrected chi connectivity index (χ1v) is 6.59. The monoisotopic (exact) mass is 257 g/mol. The van der Waals surface area contributed by atoms with Crippen LogP contribution in [0.25, 0.3) is 0 Å². The fraction of sp³-hybridized carbons (Fsp3) is 0.312. The number of rotatable bonds is 8. The number of nitrogens with zero attached hydrogens (tertiary/aromatic N) is 1. The molecule has 102 valence electrons. The van der Waals surface area contributed by atoms with E-state index in [4.69, 9.17) is 5.73 Å². The molecule has 0 aliphatic heterocycles. The molecule has 0 aliphatic rings. The van der Waals surface area contributed by atoms with Crippen molar-refractivity contribution in [3.63, 3.8) is 0 Å². The largest absolute Gasteiger partial charge is 0.329 e. The van der Waals surface area contributed by atoms with E-state index in [1.165, 1.54) is 5.56 Å². The molecule has 1 rings (SSSR count). The summed E-state index contributed by atoms with van der Waals surface area (Å²) in [5.74, 6) is 0. The fourth-order valence-electron chi connectivity index (χ4n) is 1.78. The summed E-state index contributed by atoms with van der Waals surface area (Å²) < 4.78 is 0. The van der Waals surface area contributed by atoms with Crippen LogP contribution in [0.2, 0.25) is 0 Å². The molecule has 1 unspecified atom stereocenters. The van der Waals surface area contributed by atoms with Gasteiger partial charge in [-0.1, -0.05) is 43.0 Å². The molecule has 3 heteroatoms. The van der Waals surface area contributed by atoms with Crippen molar-refractivity contribution < 1.29 is 0 Å². The van der Waals surface area contributed by atoms with Gasteiger partial charge in [0.25, 0.3) is 0 Å². The highest BCUT2D eigenvalue weighted by molar-refractivity contribution is 6.03. The average Bonchev–Trinajstić information content (AvgIpc) is 2.47. The van der Waals surface area contributed by atoms with Crippen LogP contribution in [-0.2, 0) is 0 Å². The van der Waals surface area contributed by atoms with Gasteiger partial charge in [-0.15, -0.1) is 0 Å². The van der Waals surface area contributed by atoms with Crippen molar-refractivity contribution in [2.24, 2.45) is 10.7 Å². The lowest BCUT2D eigenvalue weighted by atomic mass is 10.1. The van der Waals surface area contributed by atoms with Gasteiger partial charge in [0.1, 0.15) is 0 Å². The molecule has 1 atom stereocenters. The lowest BCUT2D eigenvalue weighted by Crippen LogP contribution is -2.29. The molecule has 0 heterocycles. The van der Waals surface area contributed by atoms with E-state index in [9.17, 15) is 0 Å². The molecule has 0 spiro atoms. The van der Waals surface area contributed by atoms with Crippen LogP contribution in [0.5, 0.6) is 0 Å². The zero-order valence-corrected chi connectivity index (χ0v) is 11.5. The number of hydrogen-bond donors (Lipinski definition) is 2. The molecule has 0 saturated carbocycles. The van der Waals surface area contributed by atoms with Gasteiger partial charge in [0.15, 0.2) is 0 Å². The third-order valence-electron chi connectivity index (χ3n) is 2.74. The Morgan fingerprint density at radius 1 is 1.42 bits per heavy atom. The molecule has 1 aromatic rings. The molecular weight excluding hydrogens is 234 g/mol. The van der Waals surface area contributed by atoms with Gasteiger partial charge in [0, 0.05) is 13.1 Å². The first kappa shape index (κ1) is 15.3. The minimum Gasteiger partial charge on any atom is -0.329 e. The summed E-state index contributed by atoms with van der Waals surface area (Å²) in [7, 11) is 0. The first-order chi connectivity index (χ1) is 9.31. The summed E-state index contributed by atoms with van der Waals surface area (Å²) in [4.78, 5) is 4.57. The molecule has 0 bridgehead atoms. The second kappa shape index (κ2) is 9.25. The van der Waals surface area contributed by atoms with E-state index in [0.717, 1.165) is 12.3 Å². The second-order valence-corrected chi connectivity index (χ2v) is 4.18. The maximum atomic E-state index is 5.56. The summed E-state index contributed by atoms with van der Waals surface area (Å²) in [6.07, 6.45) is 5.69. The molecule has 0 amide bonds. The standard InChI is InChI=1S/C16H23N3/c1-3-8-15(4-2)19-13-16(18-12-11-17)14-9-6-5-7-10-14/h3-10,16,18H,2,11-13,17H2,1H3/b8-3-,19-15?. The lowest BCUT2D eigenvalue weighted by molar-refractivity contribution is 0.551. The molecule has 0 aliphatic carbocycles. The normalized spacial score (nSPS) is 13.7. The molecule has 1 aromatic carbocycles. The van der Waals surface area contributed by atoms with Crippen molar-refractivity contribution in [2.45, 2.75) is 13.0 Å². The van der Waals surface area contributed by atoms with Gasteiger partial charge in [-0.2, -0.15) is 0 Å². The highest BCUT2D eigenvalue weighted by Gasteiger charge is 2.09. The molecule has 3 nitrogen and oxygen atoms in total. The Morgan fingerprint density at radius 3 is 2.74 bits per heavy atom. The molecule has 0 radical (unpaired) electrons. The number of nitrogens with one attached hydrogen (secondary N) is 1. The van der Waals surface area contributed by atoms with Crippen LogP contribution < -0.4 is 11.1 Å². The van der Waals surface area contributed by atoms with Crippen molar-refractivity contribution in [2.75, 3.05) is 19.6 Å². The van der Waals surface area contributed by atoms with Crippen molar-refractivity contribution in [3.05, 3.63) is 60.7 Å². The van der Waals surface area contributed by atoms with Crippen LogP contribution in [0, 0.1) is 0 Å². The number of nitrogens with two attached hydrogens (primary N) is 1. The van der Waals surface area contributed by atoms with E-state index >= 15 is 0 Å². The minimum absolute atomic E-state index is 0.185. The van der Waals surface area contributed by atoms with Crippen LogP contribution in [0.4, 0.5) is 0 Å². The van der Waals surface area contributed by atoms with Crippen LogP contribution in [0.1, 0.15) is 18.5 Å². The highest BCUT2D eigenvalue weighted by Crippen LogP contribution is 2.12. The zero-order chi connectivity index (χ0) is 13.9. The summed E-state index contributed by atoms with van der Waals surface area (Å²) in [5.41, 5.74) is 7.69. The summed E-state index contributed by atoms with van der Waals surface area (Å²) in [5, 5.41) is 3.42. The lowest BCUT2D eigenvalue weighted by Gasteiger charge is -2.17. The van der Waals surface area contributed by atoms with Crippen molar-refractivity contribution >= 4 is 5.71 Å². The van der Waals surface area contributed by atoms with E-state index in [0.29, 0.717) is 13.1 Å². The van der Waals surface area contributed by atoms with E-state index in [1.54, 1.807) is 6.08 Å². The maximum absolute atomic E-state index is 5.56. The third-order valence-corrected chi connectivity index (χ3v) is 2.74. The van der Waals surface area contributed by atoms with Gasteiger partial charge in [-0.3, -0.25) is 4.99 Å². The van der Waals surface area contributed by atoms with Gasteiger partial charge >= 0.3 is 0 Å². The van der Waals surface area contributed by atoms with Gasteiger partial charge in [0.05, 0.1) is 18.3 Å². The summed E-state index contributed by atoms with van der Waals surface area (Å²) in [6.45, 7) is 7.82. The van der Waals surface area contributed by atoms with E-state index < -0.39 is 0 Å². The number of allylic oxidation sites excluding steroid dienone is 3. The maximum Gasteiger partial charge on any atom is 0.0591 e. The minimum atomic E-state index is 0.185. The number of aliphatic imine (C=N–C) groups is 1. The Kier molecular flexibility index (Phi) is 7.47. The quantitative estimate of drug-likeness (QED) is 0.703. The number of hydrogen-bond acceptors (Lipinski definition) is 3. The molecule has 19 heavy (non-hydrogen) atoms. The predicted octanol–water partition coefficient (Wildman–Crippen LogP) is 2.48. The highest BCUT2D eigenvalue weighted by atomic mass is 15.0. The zero-order valence-electron chi connectivity index (χ0n) is 11.5. The summed E-state index contributed by atoms with van der Waals surface area (Å²) >= 11 is 0. The fourth-order valence-corrected chi connectivity index (χ4v) is 1.78. The van der Waals surface area contributed by atoms with Crippen molar-refractivity contribution in [1.82, 2.24) is 5.32 Å². The Bertz CT molecular complexity index is 421. The molecule has 0 fully saturated rings. The summed E-state index contributed by atoms with van der Waals surface area (Å²) in [6, 6.07) is 10.5. The van der Waals surface area contributed by atoms with Gasteiger partial charge in [-0.05, 0) is 24.6 Å². The first-order valence-electron chi connectivity index (χ1n) is 6.59. The molecule has 0 aromatic heterocycles. The molecule has 0 saturated heterocycles. The second-order valence-electron chi connectivity index (χ2n) is 4.18. The van der Waals surface area contributed by atoms with Crippen LogP contribution in [0.3, 0.4) is 0 Å². The Labute approximate surface area is 115 Å². The molecule has 3 N–H and O–H groups in total. The Hall–Kier alpha value is -1.71. The topological polar surface area (TPSA) is 50.4 Å². The van der Waals surface area contributed by atoms with Crippen molar-refractivity contribution in [3.8, 4) is 0 Å². The van der Waals surface area contributed by atoms with E-state index in [2.05, 4.69) is 29.0 Å². The van der Waals surface area contributed by atoms with Crippen LogP contribution in [-0.4, -0.2) is 25.3 Å². The smallest absolute Gasteiger partial charge is 0.0591 e. The van der Waals surface area contributed by atoms with Crippen molar-refractivity contribution in [1.29, 1.82) is 0 Å². The van der Waals surface area contributed by atoms with E-state index in [-0.39, 0.29) is 6.04 Å². The average molecular weight is 257 g/mol. The Balaban J connectivity index is 2.78. The Morgan fingerprint density at radius 2 is 2.16 bits per heavy atom. The third kappa shape index (κ3) is 5.64. The van der Waals surface area contributed by atoms with Crippen LogP contribution >= 0.6 is 0 Å². The predicted molar refractivity (Wildman–Crippen MR) is 83.6 cm³/mol. The van der Waals surface area contributed by atoms with Crippen LogP contribution in [0.15, 0.2) is 60.1 Å². The SMILES string of the molecule is C=CC(/C=C\C)=NCC(NCCN)c1ccccc1. The van der Waals surface area contributed by atoms with Gasteiger partial charge in [0.2, 0.25) is 0 Å². The molecular formula is C16H23N3.